The van der Waals surface area contributed by atoms with E-state index in [4.69, 9.17) is 10.5 Å². The molecule has 0 aromatic carbocycles. The summed E-state index contributed by atoms with van der Waals surface area (Å²) < 4.78 is 7.54. The van der Waals surface area contributed by atoms with Crippen LogP contribution in [0.5, 0.6) is 0 Å². The topological polar surface area (TPSA) is 73.4 Å². The van der Waals surface area contributed by atoms with Gasteiger partial charge in [-0.25, -0.2) is 9.78 Å². The number of aromatic nitrogens is 2. The molecule has 6 nitrogen and oxygen atoms in total. The van der Waals surface area contributed by atoms with E-state index in [2.05, 4.69) is 9.55 Å². The Hall–Kier alpha value is -1.56. The number of piperidine rings is 1. The van der Waals surface area contributed by atoms with Crippen LogP contribution >= 0.6 is 0 Å². The fourth-order valence-corrected chi connectivity index (χ4v) is 2.68. The third-order valence-electron chi connectivity index (χ3n) is 3.68. The Bertz CT molecular complexity index is 470. The van der Waals surface area contributed by atoms with Crippen molar-refractivity contribution < 1.29 is 9.53 Å². The monoisotopic (exact) mass is 294 g/mol. The zero-order valence-corrected chi connectivity index (χ0v) is 13.2. The SMILES string of the molecule is CC(C)(C)OC(=O)N1CCC(c2cncn2CCN)CC1. The summed E-state index contributed by atoms with van der Waals surface area (Å²) in [6, 6.07) is 0. The molecule has 6 heteroatoms. The smallest absolute Gasteiger partial charge is 0.410 e. The van der Waals surface area contributed by atoms with Crippen LogP contribution in [0.25, 0.3) is 0 Å². The van der Waals surface area contributed by atoms with Crippen LogP contribution in [0.3, 0.4) is 0 Å². The van der Waals surface area contributed by atoms with Gasteiger partial charge in [0.25, 0.3) is 0 Å². The molecule has 0 bridgehead atoms. The summed E-state index contributed by atoms with van der Waals surface area (Å²) in [4.78, 5) is 18.1. The van der Waals surface area contributed by atoms with E-state index in [1.54, 1.807) is 4.90 Å². The van der Waals surface area contributed by atoms with Crippen LogP contribution < -0.4 is 5.73 Å². The summed E-state index contributed by atoms with van der Waals surface area (Å²) in [6.45, 7) is 8.54. The first kappa shape index (κ1) is 15.8. The van der Waals surface area contributed by atoms with E-state index in [1.165, 1.54) is 5.69 Å². The molecule has 1 aromatic rings. The summed E-state index contributed by atoms with van der Waals surface area (Å²) >= 11 is 0. The maximum Gasteiger partial charge on any atom is 0.410 e. The largest absolute Gasteiger partial charge is 0.444 e. The second-order valence-electron chi connectivity index (χ2n) is 6.54. The highest BCUT2D eigenvalue weighted by atomic mass is 16.6. The van der Waals surface area contributed by atoms with Gasteiger partial charge in [0.1, 0.15) is 5.60 Å². The van der Waals surface area contributed by atoms with Crippen LogP contribution in [0, 0.1) is 0 Å². The third kappa shape index (κ3) is 4.20. The molecule has 21 heavy (non-hydrogen) atoms. The molecule has 1 fully saturated rings. The van der Waals surface area contributed by atoms with Gasteiger partial charge in [0, 0.05) is 44.0 Å². The zero-order valence-electron chi connectivity index (χ0n) is 13.2. The summed E-state index contributed by atoms with van der Waals surface area (Å²) in [6.07, 6.45) is 5.42. The normalized spacial score (nSPS) is 17.0. The van der Waals surface area contributed by atoms with Crippen molar-refractivity contribution in [3.05, 3.63) is 18.2 Å². The van der Waals surface area contributed by atoms with Gasteiger partial charge in [-0.3, -0.25) is 0 Å². The molecule has 2 rings (SSSR count). The Morgan fingerprint density at radius 3 is 2.67 bits per heavy atom. The van der Waals surface area contributed by atoms with E-state index in [0.717, 1.165) is 32.5 Å². The van der Waals surface area contributed by atoms with Crippen molar-refractivity contribution in [3.63, 3.8) is 0 Å². The lowest BCUT2D eigenvalue weighted by molar-refractivity contribution is 0.0203. The highest BCUT2D eigenvalue weighted by Crippen LogP contribution is 2.28. The summed E-state index contributed by atoms with van der Waals surface area (Å²) in [7, 11) is 0. The zero-order chi connectivity index (χ0) is 15.5. The molecule has 0 atom stereocenters. The maximum atomic E-state index is 12.0. The van der Waals surface area contributed by atoms with Crippen LogP contribution in [0.1, 0.15) is 45.2 Å². The minimum Gasteiger partial charge on any atom is -0.444 e. The molecular weight excluding hydrogens is 268 g/mol. The van der Waals surface area contributed by atoms with Crippen molar-refractivity contribution >= 4 is 6.09 Å². The van der Waals surface area contributed by atoms with Crippen molar-refractivity contribution in [2.24, 2.45) is 5.73 Å². The van der Waals surface area contributed by atoms with Crippen LogP contribution in [0.2, 0.25) is 0 Å². The van der Waals surface area contributed by atoms with Gasteiger partial charge < -0.3 is 19.9 Å². The molecule has 0 radical (unpaired) electrons. The predicted octanol–water partition coefficient (Wildman–Crippen LogP) is 1.96. The molecule has 0 unspecified atom stereocenters. The molecule has 1 amide bonds. The second-order valence-corrected chi connectivity index (χ2v) is 6.54. The fraction of sp³-hybridized carbons (Fsp3) is 0.733. The van der Waals surface area contributed by atoms with E-state index in [1.807, 2.05) is 33.3 Å². The number of amides is 1. The molecular formula is C15H26N4O2. The van der Waals surface area contributed by atoms with Crippen molar-refractivity contribution in [2.75, 3.05) is 19.6 Å². The lowest BCUT2D eigenvalue weighted by Gasteiger charge is -2.33. The number of hydrogen-bond acceptors (Lipinski definition) is 4. The predicted molar refractivity (Wildman–Crippen MR) is 81.1 cm³/mol. The summed E-state index contributed by atoms with van der Waals surface area (Å²) in [5.74, 6) is 0.442. The first-order valence-electron chi connectivity index (χ1n) is 7.58. The average Bonchev–Trinajstić information content (AvgIpc) is 2.86. The van der Waals surface area contributed by atoms with Crippen molar-refractivity contribution in [3.8, 4) is 0 Å². The molecule has 0 saturated carbocycles. The number of nitrogens with zero attached hydrogens (tertiary/aromatic N) is 3. The van der Waals surface area contributed by atoms with Gasteiger partial charge in [0.2, 0.25) is 0 Å². The molecule has 1 saturated heterocycles. The van der Waals surface area contributed by atoms with E-state index < -0.39 is 5.60 Å². The molecule has 1 aromatic heterocycles. The minimum atomic E-state index is -0.437. The van der Waals surface area contributed by atoms with Crippen LogP contribution in [-0.4, -0.2) is 45.8 Å². The van der Waals surface area contributed by atoms with Crippen LogP contribution in [0.4, 0.5) is 4.79 Å². The third-order valence-corrected chi connectivity index (χ3v) is 3.68. The van der Waals surface area contributed by atoms with Gasteiger partial charge in [-0.15, -0.1) is 0 Å². The van der Waals surface area contributed by atoms with Crippen LogP contribution in [0.15, 0.2) is 12.5 Å². The standard InChI is InChI=1S/C15H26N4O2/c1-15(2,3)21-14(20)18-7-4-12(5-8-18)13-10-17-11-19(13)9-6-16/h10-12H,4-9,16H2,1-3H3. The number of rotatable bonds is 3. The molecule has 2 N–H and O–H groups in total. The second kappa shape index (κ2) is 6.47. The number of likely N-dealkylation sites (tertiary alicyclic amines) is 1. The quantitative estimate of drug-likeness (QED) is 0.925. The summed E-state index contributed by atoms with van der Waals surface area (Å²) in [5, 5.41) is 0. The molecule has 118 valence electrons. The van der Waals surface area contributed by atoms with E-state index in [-0.39, 0.29) is 6.09 Å². The minimum absolute atomic E-state index is 0.212. The summed E-state index contributed by atoms with van der Waals surface area (Å²) in [5.41, 5.74) is 6.41. The molecule has 0 spiro atoms. The van der Waals surface area contributed by atoms with Gasteiger partial charge in [0.15, 0.2) is 0 Å². The van der Waals surface area contributed by atoms with E-state index in [0.29, 0.717) is 12.5 Å². The van der Waals surface area contributed by atoms with E-state index in [9.17, 15) is 4.79 Å². The number of nitrogens with two attached hydrogens (primary N) is 1. The maximum absolute atomic E-state index is 12.0. The first-order chi connectivity index (χ1) is 9.90. The van der Waals surface area contributed by atoms with Gasteiger partial charge in [-0.2, -0.15) is 0 Å². The van der Waals surface area contributed by atoms with Gasteiger partial charge in [-0.1, -0.05) is 0 Å². The molecule has 2 heterocycles. The van der Waals surface area contributed by atoms with Gasteiger partial charge >= 0.3 is 6.09 Å². The number of imidazole rings is 1. The lowest BCUT2D eigenvalue weighted by atomic mass is 9.94. The van der Waals surface area contributed by atoms with Crippen molar-refractivity contribution in [1.82, 2.24) is 14.5 Å². The molecule has 0 aliphatic carbocycles. The molecule has 1 aliphatic heterocycles. The average molecular weight is 294 g/mol. The Balaban J connectivity index is 1.91. The highest BCUT2D eigenvalue weighted by molar-refractivity contribution is 5.68. The fourth-order valence-electron chi connectivity index (χ4n) is 2.68. The lowest BCUT2D eigenvalue weighted by Crippen LogP contribution is -2.41. The Morgan fingerprint density at radius 1 is 1.43 bits per heavy atom. The van der Waals surface area contributed by atoms with E-state index >= 15 is 0 Å². The first-order valence-corrected chi connectivity index (χ1v) is 7.58. The van der Waals surface area contributed by atoms with Gasteiger partial charge in [-0.05, 0) is 33.6 Å². The Morgan fingerprint density at radius 2 is 2.10 bits per heavy atom. The number of carbonyl (C=O) groups excluding carboxylic acids is 1. The highest BCUT2D eigenvalue weighted by Gasteiger charge is 2.28. The molecule has 1 aliphatic rings. The Labute approximate surface area is 126 Å². The number of carbonyl (C=O) groups is 1. The number of ether oxygens (including phenoxy) is 1. The van der Waals surface area contributed by atoms with Crippen LogP contribution in [-0.2, 0) is 11.3 Å². The van der Waals surface area contributed by atoms with Crippen molar-refractivity contribution in [2.45, 2.75) is 51.7 Å². The Kier molecular flexibility index (Phi) is 4.88. The number of hydrogen-bond donors (Lipinski definition) is 1. The van der Waals surface area contributed by atoms with Gasteiger partial charge in [0.05, 0.1) is 6.33 Å². The van der Waals surface area contributed by atoms with Crippen molar-refractivity contribution in [1.29, 1.82) is 0 Å².